The molecule has 2 aromatic carbocycles. The molecule has 0 aliphatic heterocycles. The molecular formula is C26H27NO6. The van der Waals surface area contributed by atoms with E-state index in [2.05, 4.69) is 17.1 Å². The summed E-state index contributed by atoms with van der Waals surface area (Å²) in [6.45, 7) is 4.17. The number of nitrogens with zero attached hydrogens (tertiary/aromatic N) is 1. The summed E-state index contributed by atoms with van der Waals surface area (Å²) in [7, 11) is 0. The molecule has 0 aliphatic carbocycles. The minimum Gasteiger partial charge on any atom is -0.506 e. The Labute approximate surface area is 192 Å². The molecule has 0 saturated heterocycles. The zero-order valence-electron chi connectivity index (χ0n) is 18.7. The van der Waals surface area contributed by atoms with E-state index < -0.39 is 28.7 Å². The third-order valence-electron chi connectivity index (χ3n) is 5.18. The van der Waals surface area contributed by atoms with Crippen LogP contribution in [0.3, 0.4) is 0 Å². The fourth-order valence-electron chi connectivity index (χ4n) is 3.37. The van der Waals surface area contributed by atoms with Gasteiger partial charge in [-0.15, -0.1) is 0 Å². The number of aliphatic imine (C=N–C) groups is 1. The van der Waals surface area contributed by atoms with Crippen LogP contribution in [0.5, 0.6) is 17.4 Å². The molecular weight excluding hydrogens is 422 g/mol. The lowest BCUT2D eigenvalue weighted by molar-refractivity contribution is 0.0976. The van der Waals surface area contributed by atoms with E-state index >= 15 is 0 Å². The number of hydrogen-bond donors (Lipinski definition) is 2. The van der Waals surface area contributed by atoms with E-state index in [1.807, 2.05) is 42.5 Å². The molecule has 2 N–H and O–H groups in total. The predicted octanol–water partition coefficient (Wildman–Crippen LogP) is 4.66. The van der Waals surface area contributed by atoms with Crippen LogP contribution in [0.25, 0.3) is 0 Å². The van der Waals surface area contributed by atoms with Crippen molar-refractivity contribution in [3.63, 3.8) is 0 Å². The highest BCUT2D eigenvalue weighted by Crippen LogP contribution is 2.30. The first-order valence-electron chi connectivity index (χ1n) is 10.9. The van der Waals surface area contributed by atoms with Gasteiger partial charge >= 0.3 is 5.63 Å². The van der Waals surface area contributed by atoms with Crippen LogP contribution < -0.4 is 10.4 Å². The Balaban J connectivity index is 1.72. The smallest absolute Gasteiger partial charge is 0.351 e. The molecule has 0 saturated carbocycles. The van der Waals surface area contributed by atoms with E-state index in [1.54, 1.807) is 13.8 Å². The largest absolute Gasteiger partial charge is 0.506 e. The maximum atomic E-state index is 12.3. The minimum absolute atomic E-state index is 0.0344. The number of carbonyl (C=O) groups excluding carboxylic acids is 1. The molecule has 33 heavy (non-hydrogen) atoms. The van der Waals surface area contributed by atoms with Gasteiger partial charge in [-0.3, -0.25) is 9.79 Å². The number of ether oxygens (including phenoxy) is 1. The molecule has 0 unspecified atom stereocenters. The Hall–Kier alpha value is -3.87. The maximum Gasteiger partial charge on any atom is 0.351 e. The van der Waals surface area contributed by atoms with Crippen molar-refractivity contribution in [3.8, 4) is 17.4 Å². The van der Waals surface area contributed by atoms with Crippen LogP contribution in [-0.4, -0.2) is 28.3 Å². The Kier molecular flexibility index (Phi) is 8.02. The maximum absolute atomic E-state index is 12.3. The van der Waals surface area contributed by atoms with Gasteiger partial charge in [0.15, 0.2) is 5.78 Å². The van der Waals surface area contributed by atoms with E-state index in [9.17, 15) is 19.8 Å². The van der Waals surface area contributed by atoms with Gasteiger partial charge in [0.1, 0.15) is 22.6 Å². The highest BCUT2D eigenvalue weighted by molar-refractivity contribution is 6.07. The van der Waals surface area contributed by atoms with E-state index in [4.69, 9.17) is 9.15 Å². The number of hydrogen-bond acceptors (Lipinski definition) is 7. The highest BCUT2D eigenvalue weighted by atomic mass is 16.5. The highest BCUT2D eigenvalue weighted by Gasteiger charge is 2.25. The van der Waals surface area contributed by atoms with E-state index in [1.165, 1.54) is 5.56 Å². The molecule has 0 bridgehead atoms. The number of ketones is 1. The molecule has 0 radical (unpaired) electrons. The molecule has 3 rings (SSSR count). The summed E-state index contributed by atoms with van der Waals surface area (Å²) in [6.07, 6.45) is 1.17. The van der Waals surface area contributed by atoms with Gasteiger partial charge in [0, 0.05) is 12.8 Å². The topological polar surface area (TPSA) is 109 Å². The van der Waals surface area contributed by atoms with Crippen LogP contribution >= 0.6 is 0 Å². The lowest BCUT2D eigenvalue weighted by Crippen LogP contribution is -2.17. The summed E-state index contributed by atoms with van der Waals surface area (Å²) < 4.78 is 10.6. The van der Waals surface area contributed by atoms with Crippen LogP contribution in [0.4, 0.5) is 0 Å². The van der Waals surface area contributed by atoms with Crippen molar-refractivity contribution in [2.75, 3.05) is 6.61 Å². The molecule has 0 fully saturated rings. The molecule has 7 heteroatoms. The average Bonchev–Trinajstić information content (AvgIpc) is 2.82. The number of rotatable bonds is 10. The zero-order valence-corrected chi connectivity index (χ0v) is 18.7. The van der Waals surface area contributed by atoms with Crippen LogP contribution in [-0.2, 0) is 13.0 Å². The number of benzene rings is 2. The lowest BCUT2D eigenvalue weighted by Gasteiger charge is -2.10. The van der Waals surface area contributed by atoms with Gasteiger partial charge in [0.2, 0.25) is 0 Å². The second-order valence-electron chi connectivity index (χ2n) is 7.41. The fourth-order valence-corrected chi connectivity index (χ4v) is 3.37. The first kappa shape index (κ1) is 23.8. The van der Waals surface area contributed by atoms with E-state index in [-0.39, 0.29) is 24.2 Å². The number of Topliss-reactive ketones (excluding diaryl/α,β-unsaturated/α-hetero) is 1. The molecule has 172 valence electrons. The van der Waals surface area contributed by atoms with Gasteiger partial charge in [-0.05, 0) is 29.7 Å². The van der Waals surface area contributed by atoms with Crippen molar-refractivity contribution in [2.45, 2.75) is 39.7 Å². The van der Waals surface area contributed by atoms with Gasteiger partial charge in [0.05, 0.1) is 18.9 Å². The Morgan fingerprint density at radius 2 is 1.64 bits per heavy atom. The zero-order chi connectivity index (χ0) is 23.8. The Morgan fingerprint density at radius 3 is 2.27 bits per heavy atom. The van der Waals surface area contributed by atoms with Gasteiger partial charge in [-0.25, -0.2) is 4.79 Å². The first-order valence-corrected chi connectivity index (χ1v) is 10.9. The summed E-state index contributed by atoms with van der Waals surface area (Å²) in [5.74, 6) is -1.27. The van der Waals surface area contributed by atoms with Crippen LogP contribution in [0, 0.1) is 0 Å². The number of aromatic hydroxyl groups is 2. The normalized spacial score (nSPS) is 11.4. The van der Waals surface area contributed by atoms with Crippen molar-refractivity contribution < 1.29 is 24.2 Å². The van der Waals surface area contributed by atoms with Gasteiger partial charge < -0.3 is 19.4 Å². The molecule has 1 aromatic heterocycles. The molecule has 0 aliphatic rings. The third kappa shape index (κ3) is 5.88. The molecule has 0 atom stereocenters. The van der Waals surface area contributed by atoms with Gasteiger partial charge in [-0.1, -0.05) is 56.3 Å². The summed E-state index contributed by atoms with van der Waals surface area (Å²) in [4.78, 5) is 28.8. The SMILES string of the molecule is CCC(=O)c1c(O)oc(=O)c(C(CC)=NCc2ccc(OCCc3ccccc3)cc2)c1O. The van der Waals surface area contributed by atoms with Crippen LogP contribution in [0.2, 0.25) is 0 Å². The Morgan fingerprint density at radius 1 is 0.939 bits per heavy atom. The van der Waals surface area contributed by atoms with Crippen LogP contribution in [0.1, 0.15) is 53.7 Å². The molecule has 7 nitrogen and oxygen atoms in total. The fraction of sp³-hybridized carbons (Fsp3) is 0.269. The monoisotopic (exact) mass is 449 g/mol. The second-order valence-corrected chi connectivity index (χ2v) is 7.41. The lowest BCUT2D eigenvalue weighted by atomic mass is 10.0. The Bertz CT molecular complexity index is 1180. The average molecular weight is 450 g/mol. The first-order chi connectivity index (χ1) is 15.9. The summed E-state index contributed by atoms with van der Waals surface area (Å²) >= 11 is 0. The van der Waals surface area contributed by atoms with Gasteiger partial charge in [-0.2, -0.15) is 0 Å². The summed E-state index contributed by atoms with van der Waals surface area (Å²) in [6, 6.07) is 17.6. The number of carbonyl (C=O) groups is 1. The van der Waals surface area contributed by atoms with Crippen molar-refractivity contribution in [1.29, 1.82) is 0 Å². The van der Waals surface area contributed by atoms with Crippen LogP contribution in [0.15, 0.2) is 68.8 Å². The summed E-state index contributed by atoms with van der Waals surface area (Å²) in [5.41, 5.74) is 0.832. The summed E-state index contributed by atoms with van der Waals surface area (Å²) in [5, 5.41) is 20.3. The van der Waals surface area contributed by atoms with E-state index in [0.29, 0.717) is 13.0 Å². The molecule has 3 aromatic rings. The minimum atomic E-state index is -0.944. The van der Waals surface area contributed by atoms with Gasteiger partial charge in [0.25, 0.3) is 5.95 Å². The predicted molar refractivity (Wildman–Crippen MR) is 126 cm³/mol. The standard InChI is InChI=1S/C26H27NO6/c1-3-20(22-24(29)23(21(28)4-2)26(31)33-25(22)30)27-16-18-10-12-19(13-11-18)32-15-14-17-8-6-5-7-9-17/h5-13,29,31H,3-4,14-16H2,1-2H3. The quantitative estimate of drug-likeness (QED) is 0.344. The molecule has 0 spiro atoms. The molecule has 0 amide bonds. The van der Waals surface area contributed by atoms with Crippen molar-refractivity contribution >= 4 is 11.5 Å². The van der Waals surface area contributed by atoms with Crippen molar-refractivity contribution in [1.82, 2.24) is 0 Å². The van der Waals surface area contributed by atoms with E-state index in [0.717, 1.165) is 17.7 Å². The molecule has 1 heterocycles. The van der Waals surface area contributed by atoms with Crippen molar-refractivity contribution in [3.05, 3.63) is 87.3 Å². The van der Waals surface area contributed by atoms with Crippen molar-refractivity contribution in [2.24, 2.45) is 4.99 Å². The third-order valence-corrected chi connectivity index (χ3v) is 5.18. The second kappa shape index (κ2) is 11.1.